The molecule has 1 rings (SSSR count). The zero-order chi connectivity index (χ0) is 11.8. The summed E-state index contributed by atoms with van der Waals surface area (Å²) in [4.78, 5) is 10.8. The quantitative estimate of drug-likeness (QED) is 0.665. The Hall–Kier alpha value is -1.35. The number of Topliss-reactive ketones (excluding diaryl/α,β-unsaturated/α-hetero) is 1. The molecule has 0 aromatic heterocycles. The van der Waals surface area contributed by atoms with Crippen molar-refractivity contribution in [2.75, 3.05) is 13.2 Å². The van der Waals surface area contributed by atoms with E-state index in [1.807, 2.05) is 37.3 Å². The SMILES string of the molecule is CC(=O)CC(C)OCCOc1ccccc1. The Labute approximate surface area is 96.4 Å². The van der Waals surface area contributed by atoms with Gasteiger partial charge in [-0.05, 0) is 26.0 Å². The average molecular weight is 222 g/mol. The molecular formula is C13H18O3. The lowest BCUT2D eigenvalue weighted by molar-refractivity contribution is -0.119. The van der Waals surface area contributed by atoms with Gasteiger partial charge in [0.25, 0.3) is 0 Å². The van der Waals surface area contributed by atoms with E-state index in [1.54, 1.807) is 6.92 Å². The van der Waals surface area contributed by atoms with Gasteiger partial charge >= 0.3 is 0 Å². The van der Waals surface area contributed by atoms with E-state index in [9.17, 15) is 4.79 Å². The normalized spacial score (nSPS) is 12.1. The third-order valence-electron chi connectivity index (χ3n) is 2.07. The number of para-hydroxylation sites is 1. The van der Waals surface area contributed by atoms with E-state index in [0.29, 0.717) is 19.6 Å². The highest BCUT2D eigenvalue weighted by atomic mass is 16.5. The van der Waals surface area contributed by atoms with Crippen molar-refractivity contribution in [3.8, 4) is 5.75 Å². The van der Waals surface area contributed by atoms with Gasteiger partial charge in [0.2, 0.25) is 0 Å². The summed E-state index contributed by atoms with van der Waals surface area (Å²) in [6.45, 7) is 4.47. The molecule has 0 radical (unpaired) electrons. The number of carbonyl (C=O) groups is 1. The first kappa shape index (κ1) is 12.7. The molecule has 1 unspecified atom stereocenters. The van der Waals surface area contributed by atoms with Gasteiger partial charge in [-0.2, -0.15) is 0 Å². The van der Waals surface area contributed by atoms with E-state index in [-0.39, 0.29) is 11.9 Å². The van der Waals surface area contributed by atoms with Crippen LogP contribution in [0.1, 0.15) is 20.3 Å². The molecule has 88 valence electrons. The highest BCUT2D eigenvalue weighted by Crippen LogP contribution is 2.08. The molecule has 0 aliphatic carbocycles. The Kier molecular flexibility index (Phi) is 5.57. The van der Waals surface area contributed by atoms with E-state index in [0.717, 1.165) is 5.75 Å². The molecule has 0 bridgehead atoms. The molecule has 0 amide bonds. The smallest absolute Gasteiger partial charge is 0.132 e. The zero-order valence-corrected chi connectivity index (χ0v) is 9.81. The highest BCUT2D eigenvalue weighted by Gasteiger charge is 2.04. The molecule has 1 aromatic carbocycles. The van der Waals surface area contributed by atoms with Gasteiger partial charge in [0.1, 0.15) is 18.1 Å². The largest absolute Gasteiger partial charge is 0.491 e. The fourth-order valence-electron chi connectivity index (χ4n) is 1.39. The van der Waals surface area contributed by atoms with Crippen LogP contribution in [0, 0.1) is 0 Å². The third-order valence-corrected chi connectivity index (χ3v) is 2.07. The number of ketones is 1. The molecule has 0 heterocycles. The second-order valence-corrected chi connectivity index (χ2v) is 3.75. The minimum Gasteiger partial charge on any atom is -0.491 e. The molecule has 0 aliphatic heterocycles. The summed E-state index contributed by atoms with van der Waals surface area (Å²) in [6, 6.07) is 9.60. The topological polar surface area (TPSA) is 35.5 Å². The van der Waals surface area contributed by atoms with E-state index >= 15 is 0 Å². The molecule has 16 heavy (non-hydrogen) atoms. The average Bonchev–Trinajstić information content (AvgIpc) is 2.25. The van der Waals surface area contributed by atoms with Gasteiger partial charge in [0.15, 0.2) is 0 Å². The van der Waals surface area contributed by atoms with Gasteiger partial charge in [-0.15, -0.1) is 0 Å². The van der Waals surface area contributed by atoms with Gasteiger partial charge in [-0.25, -0.2) is 0 Å². The molecule has 1 aromatic rings. The van der Waals surface area contributed by atoms with Crippen molar-refractivity contribution in [3.05, 3.63) is 30.3 Å². The van der Waals surface area contributed by atoms with E-state index < -0.39 is 0 Å². The van der Waals surface area contributed by atoms with Crippen molar-refractivity contribution < 1.29 is 14.3 Å². The summed E-state index contributed by atoms with van der Waals surface area (Å²) in [5.41, 5.74) is 0. The zero-order valence-electron chi connectivity index (χ0n) is 9.81. The van der Waals surface area contributed by atoms with Crippen LogP contribution in [-0.2, 0) is 9.53 Å². The van der Waals surface area contributed by atoms with Gasteiger partial charge in [-0.3, -0.25) is 4.79 Å². The van der Waals surface area contributed by atoms with Crippen LogP contribution in [0.15, 0.2) is 30.3 Å². The molecule has 0 saturated heterocycles. The monoisotopic (exact) mass is 222 g/mol. The van der Waals surface area contributed by atoms with Crippen LogP contribution < -0.4 is 4.74 Å². The van der Waals surface area contributed by atoms with Crippen molar-refractivity contribution in [1.82, 2.24) is 0 Å². The Bertz CT molecular complexity index is 308. The summed E-state index contributed by atoms with van der Waals surface area (Å²) >= 11 is 0. The van der Waals surface area contributed by atoms with Crippen LogP contribution >= 0.6 is 0 Å². The lowest BCUT2D eigenvalue weighted by atomic mass is 10.2. The van der Waals surface area contributed by atoms with E-state index in [1.165, 1.54) is 0 Å². The number of hydrogen-bond acceptors (Lipinski definition) is 3. The fourth-order valence-corrected chi connectivity index (χ4v) is 1.39. The molecule has 3 heteroatoms. The molecule has 0 saturated carbocycles. The van der Waals surface area contributed by atoms with Crippen molar-refractivity contribution in [2.24, 2.45) is 0 Å². The summed E-state index contributed by atoms with van der Waals surface area (Å²) in [5.74, 6) is 0.988. The minimum atomic E-state index is -0.0307. The summed E-state index contributed by atoms with van der Waals surface area (Å²) in [6.07, 6.45) is 0.433. The van der Waals surface area contributed by atoms with Crippen LogP contribution in [0.25, 0.3) is 0 Å². The highest BCUT2D eigenvalue weighted by molar-refractivity contribution is 5.75. The maximum atomic E-state index is 10.8. The Morgan fingerprint density at radius 2 is 1.94 bits per heavy atom. The maximum Gasteiger partial charge on any atom is 0.132 e. The van der Waals surface area contributed by atoms with Crippen molar-refractivity contribution in [1.29, 1.82) is 0 Å². The van der Waals surface area contributed by atoms with Crippen LogP contribution in [0.4, 0.5) is 0 Å². The number of carbonyl (C=O) groups excluding carboxylic acids is 1. The Morgan fingerprint density at radius 1 is 1.25 bits per heavy atom. The molecule has 0 N–H and O–H groups in total. The lowest BCUT2D eigenvalue weighted by Gasteiger charge is -2.11. The van der Waals surface area contributed by atoms with E-state index in [4.69, 9.17) is 9.47 Å². The van der Waals surface area contributed by atoms with Crippen LogP contribution in [0.2, 0.25) is 0 Å². The predicted molar refractivity (Wildman–Crippen MR) is 62.6 cm³/mol. The first-order valence-corrected chi connectivity index (χ1v) is 5.47. The maximum absolute atomic E-state index is 10.8. The van der Waals surface area contributed by atoms with Gasteiger partial charge in [0, 0.05) is 6.42 Å². The summed E-state index contributed by atoms with van der Waals surface area (Å²) < 4.78 is 10.9. The molecule has 0 aliphatic rings. The Morgan fingerprint density at radius 3 is 2.56 bits per heavy atom. The lowest BCUT2D eigenvalue weighted by Crippen LogP contribution is -2.16. The van der Waals surface area contributed by atoms with Gasteiger partial charge < -0.3 is 9.47 Å². The number of benzene rings is 1. The minimum absolute atomic E-state index is 0.0307. The third kappa shape index (κ3) is 5.51. The first-order valence-electron chi connectivity index (χ1n) is 5.47. The van der Waals surface area contributed by atoms with Crippen LogP contribution in [-0.4, -0.2) is 25.1 Å². The summed E-state index contributed by atoms with van der Waals surface area (Å²) in [5, 5.41) is 0. The van der Waals surface area contributed by atoms with Crippen molar-refractivity contribution >= 4 is 5.78 Å². The van der Waals surface area contributed by atoms with Crippen LogP contribution in [0.3, 0.4) is 0 Å². The molecule has 3 nitrogen and oxygen atoms in total. The second kappa shape index (κ2) is 7.01. The first-order chi connectivity index (χ1) is 7.68. The molecule has 0 spiro atoms. The summed E-state index contributed by atoms with van der Waals surface area (Å²) in [7, 11) is 0. The molecule has 1 atom stereocenters. The van der Waals surface area contributed by atoms with Gasteiger partial charge in [0.05, 0.1) is 12.7 Å². The molecular weight excluding hydrogens is 204 g/mol. The Balaban J connectivity index is 2.10. The predicted octanol–water partition coefficient (Wildman–Crippen LogP) is 2.45. The standard InChI is InChI=1S/C13H18O3/c1-11(14)10-12(2)15-8-9-16-13-6-4-3-5-7-13/h3-7,12H,8-10H2,1-2H3. The van der Waals surface area contributed by atoms with Crippen molar-refractivity contribution in [3.63, 3.8) is 0 Å². The second-order valence-electron chi connectivity index (χ2n) is 3.75. The van der Waals surface area contributed by atoms with Gasteiger partial charge in [-0.1, -0.05) is 18.2 Å². The number of rotatable bonds is 7. The number of hydrogen-bond donors (Lipinski definition) is 0. The van der Waals surface area contributed by atoms with Crippen LogP contribution in [0.5, 0.6) is 5.75 Å². The van der Waals surface area contributed by atoms with E-state index in [2.05, 4.69) is 0 Å². The molecule has 0 fully saturated rings. The fraction of sp³-hybridized carbons (Fsp3) is 0.462. The number of ether oxygens (including phenoxy) is 2. The van der Waals surface area contributed by atoms with Crippen molar-refractivity contribution in [2.45, 2.75) is 26.4 Å².